The van der Waals surface area contributed by atoms with Crippen LogP contribution in [0.25, 0.3) is 10.1 Å². The molecule has 0 atom stereocenters. The van der Waals surface area contributed by atoms with Gasteiger partial charge >= 0.3 is 0 Å². The molecule has 0 unspecified atom stereocenters. The maximum Gasteiger partial charge on any atom is 0.0348 e. The molecule has 1 aromatic heterocycles. The quantitative estimate of drug-likeness (QED) is 0.857. The van der Waals surface area contributed by atoms with Crippen LogP contribution in [0.3, 0.4) is 0 Å². The van der Waals surface area contributed by atoms with Crippen molar-refractivity contribution >= 4 is 21.4 Å². The van der Waals surface area contributed by atoms with Gasteiger partial charge in [0.2, 0.25) is 0 Å². The highest BCUT2D eigenvalue weighted by molar-refractivity contribution is 7.19. The number of thiophene rings is 1. The van der Waals surface area contributed by atoms with Crippen LogP contribution >= 0.6 is 11.3 Å². The van der Waals surface area contributed by atoms with Crippen molar-refractivity contribution in [3.8, 4) is 0 Å². The third-order valence-corrected chi connectivity index (χ3v) is 4.65. The summed E-state index contributed by atoms with van der Waals surface area (Å²) in [6.45, 7) is 2.15. The molecule has 0 aliphatic heterocycles. The van der Waals surface area contributed by atoms with Crippen molar-refractivity contribution in [1.29, 1.82) is 0 Å². The van der Waals surface area contributed by atoms with Gasteiger partial charge in [0.05, 0.1) is 0 Å². The van der Waals surface area contributed by atoms with Crippen molar-refractivity contribution in [1.82, 2.24) is 0 Å². The Balaban J connectivity index is 1.82. The lowest BCUT2D eigenvalue weighted by atomic mass is 10.1. The molecule has 1 fully saturated rings. The zero-order chi connectivity index (χ0) is 11.2. The van der Waals surface area contributed by atoms with Crippen LogP contribution in [0.4, 0.5) is 0 Å². The van der Waals surface area contributed by atoms with Gasteiger partial charge in [-0.1, -0.05) is 12.1 Å². The second kappa shape index (κ2) is 3.57. The van der Waals surface area contributed by atoms with Crippen LogP contribution in [-0.4, -0.2) is 5.54 Å². The maximum absolute atomic E-state index is 6.12. The summed E-state index contributed by atoms with van der Waals surface area (Å²) in [7, 11) is 0. The van der Waals surface area contributed by atoms with Crippen molar-refractivity contribution in [2.24, 2.45) is 5.73 Å². The van der Waals surface area contributed by atoms with E-state index in [1.54, 1.807) is 0 Å². The van der Waals surface area contributed by atoms with E-state index in [4.69, 9.17) is 5.73 Å². The van der Waals surface area contributed by atoms with Crippen molar-refractivity contribution in [2.45, 2.75) is 38.1 Å². The Morgan fingerprint density at radius 1 is 1.31 bits per heavy atom. The number of hydrogen-bond donors (Lipinski definition) is 1. The van der Waals surface area contributed by atoms with Gasteiger partial charge in [-0.25, -0.2) is 0 Å². The molecule has 2 N–H and O–H groups in total. The SMILES string of the molecule is Cc1ccc2cc(CCC3(N)CC3)sc2c1. The average Bonchev–Trinajstić information content (AvgIpc) is 2.85. The lowest BCUT2D eigenvalue weighted by molar-refractivity contribution is 0.613. The van der Waals surface area contributed by atoms with E-state index in [1.807, 2.05) is 11.3 Å². The summed E-state index contributed by atoms with van der Waals surface area (Å²) < 4.78 is 1.41. The van der Waals surface area contributed by atoms with E-state index < -0.39 is 0 Å². The molecule has 0 amide bonds. The molecular formula is C14H17NS. The number of benzene rings is 1. The highest BCUT2D eigenvalue weighted by atomic mass is 32.1. The Morgan fingerprint density at radius 3 is 2.88 bits per heavy atom. The topological polar surface area (TPSA) is 26.0 Å². The van der Waals surface area contributed by atoms with Gasteiger partial charge in [-0.15, -0.1) is 11.3 Å². The van der Waals surface area contributed by atoms with Crippen LogP contribution in [0, 0.1) is 6.92 Å². The molecule has 2 aromatic rings. The third-order valence-electron chi connectivity index (χ3n) is 3.49. The maximum atomic E-state index is 6.12. The van der Waals surface area contributed by atoms with Crippen molar-refractivity contribution in [3.63, 3.8) is 0 Å². The molecule has 0 saturated heterocycles. The molecule has 84 valence electrons. The molecule has 16 heavy (non-hydrogen) atoms. The summed E-state index contributed by atoms with van der Waals surface area (Å²) in [6, 6.07) is 9.01. The molecule has 0 spiro atoms. The molecule has 3 rings (SSSR count). The molecule has 1 aliphatic rings. The van der Waals surface area contributed by atoms with Gasteiger partial charge in [0, 0.05) is 15.1 Å². The normalized spacial score (nSPS) is 17.9. The van der Waals surface area contributed by atoms with E-state index >= 15 is 0 Å². The van der Waals surface area contributed by atoms with Crippen LogP contribution in [-0.2, 0) is 6.42 Å². The first-order chi connectivity index (χ1) is 7.65. The molecule has 0 bridgehead atoms. The Bertz CT molecular complexity index is 523. The first-order valence-electron chi connectivity index (χ1n) is 5.93. The number of nitrogens with two attached hydrogens (primary N) is 1. The van der Waals surface area contributed by atoms with Gasteiger partial charge in [0.25, 0.3) is 0 Å². The molecular weight excluding hydrogens is 214 g/mol. The van der Waals surface area contributed by atoms with E-state index in [0.29, 0.717) is 0 Å². The van der Waals surface area contributed by atoms with Crippen molar-refractivity contribution < 1.29 is 0 Å². The standard InChI is InChI=1S/C14H17NS/c1-10-2-3-11-9-12(16-13(11)8-10)4-5-14(15)6-7-14/h2-3,8-9H,4-7,15H2,1H3. The van der Waals surface area contributed by atoms with Gasteiger partial charge in [-0.05, 0) is 55.7 Å². The summed E-state index contributed by atoms with van der Waals surface area (Å²) in [5.74, 6) is 0. The second-order valence-corrected chi connectivity index (χ2v) is 6.28. The van der Waals surface area contributed by atoms with Gasteiger partial charge in [0.1, 0.15) is 0 Å². The minimum Gasteiger partial charge on any atom is -0.325 e. The summed E-state index contributed by atoms with van der Waals surface area (Å²) >= 11 is 1.92. The number of rotatable bonds is 3. The lowest BCUT2D eigenvalue weighted by Crippen LogP contribution is -2.21. The predicted molar refractivity (Wildman–Crippen MR) is 71.0 cm³/mol. The Morgan fingerprint density at radius 2 is 2.12 bits per heavy atom. The molecule has 1 aromatic carbocycles. The Labute approximate surface area is 100 Å². The van der Waals surface area contributed by atoms with Crippen LogP contribution < -0.4 is 5.73 Å². The van der Waals surface area contributed by atoms with Crippen LogP contribution in [0.1, 0.15) is 29.7 Å². The lowest BCUT2D eigenvalue weighted by Gasteiger charge is -2.05. The number of fused-ring (bicyclic) bond motifs is 1. The van der Waals surface area contributed by atoms with Gasteiger partial charge in [0.15, 0.2) is 0 Å². The van der Waals surface area contributed by atoms with Crippen LogP contribution in [0.2, 0.25) is 0 Å². The minimum atomic E-state index is 0.187. The zero-order valence-electron chi connectivity index (χ0n) is 9.62. The first kappa shape index (κ1) is 10.3. The van der Waals surface area contributed by atoms with Gasteiger partial charge in [-0.3, -0.25) is 0 Å². The highest BCUT2D eigenvalue weighted by Gasteiger charge is 2.37. The summed E-state index contributed by atoms with van der Waals surface area (Å²) in [5, 5.41) is 1.38. The van der Waals surface area contributed by atoms with E-state index in [0.717, 1.165) is 12.8 Å². The number of hydrogen-bond acceptors (Lipinski definition) is 2. The fourth-order valence-electron chi connectivity index (χ4n) is 2.10. The van der Waals surface area contributed by atoms with Crippen molar-refractivity contribution in [2.75, 3.05) is 0 Å². The van der Waals surface area contributed by atoms with Crippen LogP contribution in [0.5, 0.6) is 0 Å². The highest BCUT2D eigenvalue weighted by Crippen LogP contribution is 2.37. The van der Waals surface area contributed by atoms with E-state index in [2.05, 4.69) is 31.2 Å². The predicted octanol–water partition coefficient (Wildman–Crippen LogP) is 3.63. The molecule has 1 saturated carbocycles. The molecule has 1 aliphatic carbocycles. The number of aryl methyl sites for hydroxylation is 2. The third kappa shape index (κ3) is 2.00. The second-order valence-electron chi connectivity index (χ2n) is 5.12. The first-order valence-corrected chi connectivity index (χ1v) is 6.74. The minimum absolute atomic E-state index is 0.187. The smallest absolute Gasteiger partial charge is 0.0348 e. The largest absolute Gasteiger partial charge is 0.325 e. The average molecular weight is 231 g/mol. The molecule has 1 heterocycles. The molecule has 1 nitrogen and oxygen atoms in total. The van der Waals surface area contributed by atoms with E-state index in [9.17, 15) is 0 Å². The van der Waals surface area contributed by atoms with E-state index in [-0.39, 0.29) is 5.54 Å². The van der Waals surface area contributed by atoms with Crippen LogP contribution in [0.15, 0.2) is 24.3 Å². The summed E-state index contributed by atoms with van der Waals surface area (Å²) in [4.78, 5) is 1.48. The van der Waals surface area contributed by atoms with Crippen molar-refractivity contribution in [3.05, 3.63) is 34.7 Å². The zero-order valence-corrected chi connectivity index (χ0v) is 10.4. The molecule has 2 heteroatoms. The fraction of sp³-hybridized carbons (Fsp3) is 0.429. The Kier molecular flexibility index (Phi) is 2.30. The monoisotopic (exact) mass is 231 g/mol. The van der Waals surface area contributed by atoms with E-state index in [1.165, 1.54) is 33.4 Å². The van der Waals surface area contributed by atoms with Gasteiger partial charge < -0.3 is 5.73 Å². The summed E-state index contributed by atoms with van der Waals surface area (Å²) in [6.07, 6.45) is 4.74. The Hall–Kier alpha value is -0.860. The summed E-state index contributed by atoms with van der Waals surface area (Å²) in [5.41, 5.74) is 7.65. The molecule has 0 radical (unpaired) electrons. The fourth-order valence-corrected chi connectivity index (χ4v) is 3.26. The van der Waals surface area contributed by atoms with Gasteiger partial charge in [-0.2, -0.15) is 0 Å².